The first kappa shape index (κ1) is 81.2. The van der Waals surface area contributed by atoms with Gasteiger partial charge in [0.2, 0.25) is 29.5 Å². The van der Waals surface area contributed by atoms with Gasteiger partial charge in [-0.05, 0) is 142 Å². The van der Waals surface area contributed by atoms with E-state index in [0.717, 1.165) is 76.8 Å². The molecular formula is C81H84B2IN12O9Pd-. The van der Waals surface area contributed by atoms with Crippen molar-refractivity contribution in [1.82, 2.24) is 59.3 Å². The zero-order valence-corrected chi connectivity index (χ0v) is 63.9. The Bertz CT molecular complexity index is 4750. The summed E-state index contributed by atoms with van der Waals surface area (Å²) in [5.74, 6) is 1.07. The Morgan fingerprint density at radius 1 is 0.547 bits per heavy atom. The minimum atomic E-state index is -1.34. The molecule has 21 nitrogen and oxygen atoms in total. The predicted molar refractivity (Wildman–Crippen MR) is 418 cm³/mol. The number of hydrogen-bond donors (Lipinski definition) is 5. The van der Waals surface area contributed by atoms with Crippen molar-refractivity contribution in [3.05, 3.63) is 319 Å². The van der Waals surface area contributed by atoms with Crippen LogP contribution in [0, 0.1) is 31.9 Å². The number of pyridine rings is 3. The number of carbonyl (C=O) groups excluding carboxylic acids is 2. The molecule has 2 amide bonds. The van der Waals surface area contributed by atoms with E-state index in [1.54, 1.807) is 55.6 Å². The summed E-state index contributed by atoms with van der Waals surface area (Å²) in [5.41, 5.74) is 13.5. The van der Waals surface area contributed by atoms with Crippen LogP contribution in [0.4, 0.5) is 0 Å². The average molecular weight is 1620 g/mol. The second-order valence-corrected chi connectivity index (χ2v) is 26.2. The molecule has 13 aromatic rings. The Labute approximate surface area is 646 Å². The molecule has 0 aliphatic carbocycles. The van der Waals surface area contributed by atoms with E-state index in [1.165, 1.54) is 0 Å². The number of halogens is 1. The Morgan fingerprint density at radius 2 is 0.981 bits per heavy atom. The molecule has 2 aliphatic rings. The van der Waals surface area contributed by atoms with Gasteiger partial charge in [-0.2, -0.15) is 0 Å². The number of aryl methyl sites for hydroxylation is 3. The molecule has 1 unspecified atom stereocenters. The second-order valence-electron chi connectivity index (χ2n) is 25.0. The Morgan fingerprint density at radius 3 is 1.40 bits per heavy atom. The molecule has 15 rings (SSSR count). The topological polar surface area (TPSA) is 264 Å². The summed E-state index contributed by atoms with van der Waals surface area (Å²) in [7, 11) is -1.74. The Balaban J connectivity index is 0.000000167. The minimum absolute atomic E-state index is 0. The van der Waals surface area contributed by atoms with Gasteiger partial charge < -0.3 is 60.1 Å². The molecule has 2 aliphatic heterocycles. The number of imide groups is 1. The quantitative estimate of drug-likeness (QED) is 0.0260. The number of para-hydroxylation sites is 2. The number of rotatable bonds is 16. The van der Waals surface area contributed by atoms with Gasteiger partial charge >= 0.3 is 14.2 Å². The number of amides is 2. The van der Waals surface area contributed by atoms with Crippen LogP contribution in [0.15, 0.2) is 268 Å². The zero-order chi connectivity index (χ0) is 73.3. The van der Waals surface area contributed by atoms with Crippen LogP contribution < -0.4 is 30.5 Å². The molecule has 2 fully saturated rings. The SMILES string of the molecule is Cc1nc(OCc2ccccc2)ccc1-c1cn(-c2ccccc2)cn1.Cc1nc(OCc2ccccc2)ccc1-c1cnc[nH]1.Cc1nc(OCc2ccccc2)ccc1B1OC(C)(C)C(C)(C)O1.Ic1cnc[nH]1.O=C1CCC(c2cn(-c3ccccc3)cn2)C(=O)N1.OB(O)c1ccccc1.[CH3-].[Pd]. The predicted octanol–water partition coefficient (Wildman–Crippen LogP) is 13.7. The molecule has 25 heteroatoms. The standard InChI is InChI=1S/C22H19N3O.C19H24BNO3.C16H15N3O.C14H13N3O2.C6H7BO2.C3H3IN2.CH3.Pd/c1-17-20(21-14-25(16-23-21)19-10-6-3-7-11-19)12-13-22(24-17)26-15-18-8-4-2-5-9-18;1-14-16(20-23-18(2,3)19(4,5)24-20)11-12-17(21-14)22-13-15-9-7-6-8-10-15;1-12-14(15-9-17-11-18-15)7-8-16(19-12)20-10-13-5-3-2-4-6-13;18-13-7-6-11(14(19)16-13)12-8-17(9-15-12)10-4-2-1-3-5-10;8-7(9)6-4-2-1-3-5-6;4-3-1-5-2-6-3;;/h2-14,16H,15H2,1H3;6-12H,13H2,1-5H3;2-9,11H,10H2,1H3,(H,17,18);1-5,8-9,11H,6-7H2,(H,16,18,19);1-5,8-9H;1-2H,(H,5,6);1H3;/q;;;;;;-1;. The van der Waals surface area contributed by atoms with E-state index < -0.39 is 14.2 Å². The maximum Gasteiger partial charge on any atom is 0.496 e. The third kappa shape index (κ3) is 23.8. The number of hydrogen-bond acceptors (Lipinski definition) is 16. The number of nitrogens with zero attached hydrogens (tertiary/aromatic N) is 9. The number of imidazole rings is 4. The molecule has 2 saturated heterocycles. The van der Waals surface area contributed by atoms with Crippen LogP contribution in [-0.4, -0.2) is 101 Å². The fourth-order valence-corrected chi connectivity index (χ4v) is 10.8. The summed E-state index contributed by atoms with van der Waals surface area (Å²) in [6.07, 6.45) is 15.1. The summed E-state index contributed by atoms with van der Waals surface area (Å²) in [5, 5.41) is 19.5. The van der Waals surface area contributed by atoms with Gasteiger partial charge in [0, 0.05) is 85.0 Å². The zero-order valence-electron chi connectivity index (χ0n) is 60.1. The number of ether oxygens (including phenoxy) is 3. The van der Waals surface area contributed by atoms with Crippen molar-refractivity contribution < 1.29 is 63.6 Å². The van der Waals surface area contributed by atoms with Crippen molar-refractivity contribution in [1.29, 1.82) is 0 Å². The molecule has 0 saturated carbocycles. The summed E-state index contributed by atoms with van der Waals surface area (Å²) in [6.45, 7) is 15.6. The average Bonchev–Trinajstić information content (AvgIpc) is 1.62. The first-order valence-corrected chi connectivity index (χ1v) is 34.8. The van der Waals surface area contributed by atoms with Gasteiger partial charge in [-0.3, -0.25) is 14.9 Å². The first-order chi connectivity index (χ1) is 50.3. The van der Waals surface area contributed by atoms with Gasteiger partial charge in [-0.15, -0.1) is 0 Å². The van der Waals surface area contributed by atoms with Crippen LogP contribution in [0.5, 0.6) is 17.6 Å². The summed E-state index contributed by atoms with van der Waals surface area (Å²) < 4.78 is 34.4. The maximum absolute atomic E-state index is 11.8. The van der Waals surface area contributed by atoms with Crippen molar-refractivity contribution in [2.45, 2.75) is 98.2 Å². The number of nitrogens with one attached hydrogen (secondary N) is 3. The van der Waals surface area contributed by atoms with Crippen LogP contribution in [0.1, 0.15) is 85.9 Å². The smallest absolute Gasteiger partial charge is 0.473 e. The molecule has 0 spiro atoms. The van der Waals surface area contributed by atoms with Crippen LogP contribution in [-0.2, 0) is 59.1 Å². The molecule has 0 bridgehead atoms. The Hall–Kier alpha value is -10.5. The van der Waals surface area contributed by atoms with Crippen molar-refractivity contribution in [3.63, 3.8) is 0 Å². The molecule has 0 radical (unpaired) electrons. The monoisotopic (exact) mass is 1620 g/mol. The van der Waals surface area contributed by atoms with E-state index in [1.807, 2.05) is 258 Å². The number of H-pyrrole nitrogens is 2. The van der Waals surface area contributed by atoms with Gasteiger partial charge in [-0.25, -0.2) is 34.9 Å². The van der Waals surface area contributed by atoms with Crippen LogP contribution in [0.25, 0.3) is 33.9 Å². The van der Waals surface area contributed by atoms with Gasteiger partial charge in [0.25, 0.3) is 0 Å². The molecule has 546 valence electrons. The number of carbonyl (C=O) groups is 2. The van der Waals surface area contributed by atoms with Crippen molar-refractivity contribution in [3.8, 4) is 51.5 Å². The third-order valence-corrected chi connectivity index (χ3v) is 17.5. The second kappa shape index (κ2) is 40.1. The van der Waals surface area contributed by atoms with E-state index >= 15 is 0 Å². The van der Waals surface area contributed by atoms with Crippen LogP contribution in [0.2, 0.25) is 0 Å². The van der Waals surface area contributed by atoms with Gasteiger partial charge in [0.15, 0.2) is 0 Å². The van der Waals surface area contributed by atoms with E-state index in [9.17, 15) is 9.59 Å². The van der Waals surface area contributed by atoms with Gasteiger partial charge in [0.05, 0.1) is 87.0 Å². The maximum atomic E-state index is 11.8. The van der Waals surface area contributed by atoms with Gasteiger partial charge in [-0.1, -0.05) is 164 Å². The molecule has 7 aromatic heterocycles. The number of aromatic amines is 2. The van der Waals surface area contributed by atoms with E-state index in [4.69, 9.17) is 33.6 Å². The normalized spacial score (nSPS) is 13.5. The fraction of sp³-hybridized carbons (Fsp3) is 0.185. The fourth-order valence-electron chi connectivity index (χ4n) is 10.5. The number of aromatic nitrogens is 11. The van der Waals surface area contributed by atoms with Gasteiger partial charge in [0.1, 0.15) is 19.8 Å². The summed E-state index contributed by atoms with van der Waals surface area (Å²) >= 11 is 2.16. The molecule has 9 heterocycles. The van der Waals surface area contributed by atoms with Crippen molar-refractivity contribution in [2.24, 2.45) is 0 Å². The van der Waals surface area contributed by atoms with E-state index in [0.29, 0.717) is 61.5 Å². The molecule has 5 N–H and O–H groups in total. The molecular weight excluding hydrogens is 1540 g/mol. The minimum Gasteiger partial charge on any atom is -0.473 e. The van der Waals surface area contributed by atoms with E-state index in [2.05, 4.69) is 84.9 Å². The molecule has 106 heavy (non-hydrogen) atoms. The summed E-state index contributed by atoms with van der Waals surface area (Å²) in [6, 6.07) is 70.4. The van der Waals surface area contributed by atoms with Crippen LogP contribution >= 0.6 is 22.6 Å². The van der Waals surface area contributed by atoms with Crippen molar-refractivity contribution >= 4 is 59.6 Å². The first-order valence-electron chi connectivity index (χ1n) is 33.7. The largest absolute Gasteiger partial charge is 0.496 e. The van der Waals surface area contributed by atoms with Crippen molar-refractivity contribution in [2.75, 3.05) is 0 Å². The van der Waals surface area contributed by atoms with Crippen LogP contribution in [0.3, 0.4) is 0 Å². The summed E-state index contributed by atoms with van der Waals surface area (Å²) in [4.78, 5) is 59.0. The Kier molecular flexibility index (Phi) is 30.7. The van der Waals surface area contributed by atoms with E-state index in [-0.39, 0.29) is 56.8 Å². The number of piperidine rings is 1. The third-order valence-electron chi connectivity index (χ3n) is 16.9. The molecule has 6 aromatic carbocycles. The number of benzene rings is 6. The molecule has 1 atom stereocenters.